The molecule has 2 rings (SSSR count). The molecule has 0 saturated carbocycles. The Kier molecular flexibility index (Phi) is 5.33. The van der Waals surface area contributed by atoms with Crippen molar-refractivity contribution in [2.24, 2.45) is 0 Å². The highest BCUT2D eigenvalue weighted by atomic mass is 35.5. The summed E-state index contributed by atoms with van der Waals surface area (Å²) in [6.07, 6.45) is 1.52. The van der Waals surface area contributed by atoms with Gasteiger partial charge in [-0.05, 0) is 48.2 Å². The van der Waals surface area contributed by atoms with Gasteiger partial charge >= 0.3 is 5.97 Å². The van der Waals surface area contributed by atoms with Gasteiger partial charge in [0.2, 0.25) is 0 Å². The van der Waals surface area contributed by atoms with Crippen molar-refractivity contribution in [2.45, 2.75) is 33.6 Å². The number of nitrogens with zero attached hydrogens (tertiary/aromatic N) is 2. The number of benzene rings is 1. The van der Waals surface area contributed by atoms with Crippen molar-refractivity contribution in [3.8, 4) is 5.75 Å². The number of anilines is 2. The van der Waals surface area contributed by atoms with Crippen molar-refractivity contribution >= 4 is 29.1 Å². The topological polar surface area (TPSA) is 64.1 Å². The Morgan fingerprint density at radius 1 is 1.18 bits per heavy atom. The van der Waals surface area contributed by atoms with Crippen molar-refractivity contribution in [1.82, 2.24) is 10.2 Å². The van der Waals surface area contributed by atoms with Gasteiger partial charge < -0.3 is 10.1 Å². The van der Waals surface area contributed by atoms with E-state index in [2.05, 4.69) is 15.5 Å². The van der Waals surface area contributed by atoms with Crippen LogP contribution in [-0.2, 0) is 17.6 Å². The molecule has 22 heavy (non-hydrogen) atoms. The van der Waals surface area contributed by atoms with Gasteiger partial charge in [-0.25, -0.2) is 0 Å². The number of hydrogen-bond acceptors (Lipinski definition) is 5. The highest BCUT2D eigenvalue weighted by Gasteiger charge is 2.13. The van der Waals surface area contributed by atoms with Crippen molar-refractivity contribution in [2.75, 3.05) is 5.32 Å². The van der Waals surface area contributed by atoms with E-state index < -0.39 is 0 Å². The van der Waals surface area contributed by atoms with Gasteiger partial charge in [0, 0.05) is 12.6 Å². The number of aromatic nitrogens is 2. The molecule has 0 amide bonds. The molecule has 116 valence electrons. The van der Waals surface area contributed by atoms with Crippen LogP contribution in [0, 0.1) is 0 Å². The van der Waals surface area contributed by atoms with Gasteiger partial charge in [-0.3, -0.25) is 4.79 Å². The average molecular weight is 320 g/mol. The van der Waals surface area contributed by atoms with Crippen LogP contribution in [0.4, 0.5) is 11.5 Å². The Labute approximate surface area is 134 Å². The maximum absolute atomic E-state index is 11.3. The van der Waals surface area contributed by atoms with Gasteiger partial charge in [-0.15, -0.1) is 10.2 Å². The van der Waals surface area contributed by atoms with Crippen LogP contribution in [0.15, 0.2) is 24.3 Å². The number of carbonyl (C=O) groups is 1. The molecule has 1 aromatic carbocycles. The second-order valence-electron chi connectivity index (χ2n) is 4.79. The van der Waals surface area contributed by atoms with Crippen molar-refractivity contribution < 1.29 is 9.53 Å². The summed E-state index contributed by atoms with van der Waals surface area (Å²) < 4.78 is 5.37. The molecule has 1 heterocycles. The molecule has 0 unspecified atom stereocenters. The fourth-order valence-corrected chi connectivity index (χ4v) is 2.26. The molecule has 0 saturated heterocycles. The zero-order valence-corrected chi connectivity index (χ0v) is 13.6. The third kappa shape index (κ3) is 3.95. The summed E-state index contributed by atoms with van der Waals surface area (Å²) in [4.78, 5) is 11.3. The number of rotatable bonds is 5. The van der Waals surface area contributed by atoms with Crippen molar-refractivity contribution in [3.05, 3.63) is 40.5 Å². The summed E-state index contributed by atoms with van der Waals surface area (Å²) in [6.45, 7) is 5.45. The summed E-state index contributed by atoms with van der Waals surface area (Å²) in [6, 6.07) is 7.33. The number of esters is 1. The molecule has 0 spiro atoms. The molecule has 0 aliphatic rings. The number of halogens is 1. The van der Waals surface area contributed by atoms with Gasteiger partial charge in [0.15, 0.2) is 11.0 Å². The molecule has 0 bridgehead atoms. The summed E-state index contributed by atoms with van der Waals surface area (Å²) in [5.41, 5.74) is 2.82. The molecular formula is C16H18ClN3O2. The SMILES string of the molecule is CCc1cc(Nc2ccc(Cl)nn2)cc(CC)c1OC(C)=O. The monoisotopic (exact) mass is 319 g/mol. The first-order valence-electron chi connectivity index (χ1n) is 7.14. The molecule has 0 radical (unpaired) electrons. The Morgan fingerprint density at radius 2 is 1.82 bits per heavy atom. The second kappa shape index (κ2) is 7.22. The summed E-state index contributed by atoms with van der Waals surface area (Å²) in [7, 11) is 0. The van der Waals surface area contributed by atoms with Gasteiger partial charge in [0.1, 0.15) is 5.75 Å². The second-order valence-corrected chi connectivity index (χ2v) is 5.18. The third-order valence-corrected chi connectivity index (χ3v) is 3.36. The summed E-state index contributed by atoms with van der Waals surface area (Å²) in [5.74, 6) is 0.952. The lowest BCUT2D eigenvalue weighted by atomic mass is 10.0. The van der Waals surface area contributed by atoms with Crippen LogP contribution in [0.5, 0.6) is 5.75 Å². The average Bonchev–Trinajstić information content (AvgIpc) is 2.50. The molecule has 0 aliphatic heterocycles. The molecule has 0 aliphatic carbocycles. The standard InChI is InChI=1S/C16H18ClN3O2/c1-4-11-8-13(18-15-7-6-14(17)19-20-15)9-12(5-2)16(11)22-10(3)21/h6-9H,4-5H2,1-3H3,(H,18,20). The van der Waals surface area contributed by atoms with E-state index in [1.807, 2.05) is 26.0 Å². The number of aryl methyl sites for hydroxylation is 2. The molecule has 5 nitrogen and oxygen atoms in total. The maximum Gasteiger partial charge on any atom is 0.308 e. The summed E-state index contributed by atoms with van der Waals surface area (Å²) >= 11 is 5.73. The Bertz CT molecular complexity index is 647. The van der Waals surface area contributed by atoms with Gasteiger partial charge in [-0.2, -0.15) is 0 Å². The first-order valence-corrected chi connectivity index (χ1v) is 7.51. The van der Waals surface area contributed by atoms with Gasteiger partial charge in [0.05, 0.1) is 0 Å². The molecule has 1 aromatic heterocycles. The highest BCUT2D eigenvalue weighted by molar-refractivity contribution is 6.29. The maximum atomic E-state index is 11.3. The van der Waals surface area contributed by atoms with Crippen LogP contribution in [0.3, 0.4) is 0 Å². The van der Waals surface area contributed by atoms with E-state index in [0.29, 0.717) is 16.7 Å². The van der Waals surface area contributed by atoms with Gasteiger partial charge in [-0.1, -0.05) is 25.4 Å². The van der Waals surface area contributed by atoms with Crippen LogP contribution in [0.1, 0.15) is 31.9 Å². The molecule has 0 atom stereocenters. The summed E-state index contributed by atoms with van der Waals surface area (Å²) in [5, 5.41) is 11.3. The lowest BCUT2D eigenvalue weighted by Gasteiger charge is -2.15. The predicted molar refractivity (Wildman–Crippen MR) is 86.8 cm³/mol. The van der Waals surface area contributed by atoms with E-state index >= 15 is 0 Å². The number of ether oxygens (including phenoxy) is 1. The first-order chi connectivity index (χ1) is 10.5. The van der Waals surface area contributed by atoms with Crippen LogP contribution < -0.4 is 10.1 Å². The minimum absolute atomic E-state index is 0.311. The molecule has 2 aromatic rings. The zero-order chi connectivity index (χ0) is 16.1. The van der Waals surface area contributed by atoms with Crippen molar-refractivity contribution in [1.29, 1.82) is 0 Å². The zero-order valence-electron chi connectivity index (χ0n) is 12.8. The predicted octanol–water partition coefficient (Wildman–Crippen LogP) is 3.92. The van der Waals surface area contributed by atoms with Crippen molar-refractivity contribution in [3.63, 3.8) is 0 Å². The normalized spacial score (nSPS) is 10.4. The Hall–Kier alpha value is -2.14. The van der Waals surface area contributed by atoms with E-state index in [0.717, 1.165) is 29.7 Å². The van der Waals surface area contributed by atoms with E-state index in [9.17, 15) is 4.79 Å². The minimum Gasteiger partial charge on any atom is -0.426 e. The Morgan fingerprint density at radius 3 is 2.27 bits per heavy atom. The largest absolute Gasteiger partial charge is 0.426 e. The van der Waals surface area contributed by atoms with Crippen LogP contribution in [-0.4, -0.2) is 16.2 Å². The number of nitrogens with one attached hydrogen (secondary N) is 1. The molecule has 6 heteroatoms. The Balaban J connectivity index is 2.36. The lowest BCUT2D eigenvalue weighted by Crippen LogP contribution is -2.07. The molecule has 1 N–H and O–H groups in total. The number of carbonyl (C=O) groups excluding carboxylic acids is 1. The first kappa shape index (κ1) is 16.2. The number of hydrogen-bond donors (Lipinski definition) is 1. The van der Waals surface area contributed by atoms with E-state index in [1.54, 1.807) is 12.1 Å². The van der Waals surface area contributed by atoms with E-state index in [1.165, 1.54) is 6.92 Å². The highest BCUT2D eigenvalue weighted by Crippen LogP contribution is 2.31. The van der Waals surface area contributed by atoms with Crippen LogP contribution in [0.25, 0.3) is 0 Å². The smallest absolute Gasteiger partial charge is 0.308 e. The van der Waals surface area contributed by atoms with E-state index in [-0.39, 0.29) is 5.97 Å². The quantitative estimate of drug-likeness (QED) is 0.668. The fourth-order valence-electron chi connectivity index (χ4n) is 2.16. The third-order valence-electron chi connectivity index (χ3n) is 3.15. The van der Waals surface area contributed by atoms with E-state index in [4.69, 9.17) is 16.3 Å². The van der Waals surface area contributed by atoms with Gasteiger partial charge in [0.25, 0.3) is 0 Å². The lowest BCUT2D eigenvalue weighted by molar-refractivity contribution is -0.132. The molecular weight excluding hydrogens is 302 g/mol. The molecule has 0 fully saturated rings. The minimum atomic E-state index is -0.311. The van der Waals surface area contributed by atoms with Crippen LogP contribution in [0.2, 0.25) is 5.15 Å². The van der Waals surface area contributed by atoms with Crippen LogP contribution >= 0.6 is 11.6 Å². The fraction of sp³-hybridized carbons (Fsp3) is 0.312.